The van der Waals surface area contributed by atoms with Gasteiger partial charge in [0.25, 0.3) is 5.19 Å². The molecule has 36 heavy (non-hydrogen) atoms. The summed E-state index contributed by atoms with van der Waals surface area (Å²) in [6.45, 7) is 0.300. The maximum atomic E-state index is 13.6. The molecular weight excluding hydrogens is 483 g/mol. The molecule has 0 bridgehead atoms. The second-order valence-electron chi connectivity index (χ2n) is 7.93. The number of ether oxygens (including phenoxy) is 3. The van der Waals surface area contributed by atoms with E-state index < -0.39 is 5.95 Å². The van der Waals surface area contributed by atoms with E-state index in [0.29, 0.717) is 45.3 Å². The highest BCUT2D eigenvalue weighted by Crippen LogP contribution is 2.37. The second-order valence-corrected chi connectivity index (χ2v) is 8.85. The van der Waals surface area contributed by atoms with Crippen molar-refractivity contribution in [3.05, 3.63) is 78.5 Å². The number of rotatable bonds is 7. The number of aromatic nitrogens is 4. The van der Waals surface area contributed by atoms with Crippen molar-refractivity contribution >= 4 is 27.3 Å². The van der Waals surface area contributed by atoms with Gasteiger partial charge in [-0.3, -0.25) is 0 Å². The lowest BCUT2D eigenvalue weighted by atomic mass is 10.0. The Labute approximate surface area is 208 Å². The van der Waals surface area contributed by atoms with Gasteiger partial charge in [-0.25, -0.2) is 14.5 Å². The zero-order valence-corrected chi connectivity index (χ0v) is 20.1. The lowest BCUT2D eigenvalue weighted by Crippen LogP contribution is -1.97. The van der Waals surface area contributed by atoms with Gasteiger partial charge in [0, 0.05) is 24.4 Å². The Morgan fingerprint density at radius 3 is 2.72 bits per heavy atom. The molecule has 0 aliphatic carbocycles. The molecule has 8 nitrogen and oxygen atoms in total. The number of methoxy groups -OCH3 is 2. The predicted octanol–water partition coefficient (Wildman–Crippen LogP) is 6.00. The van der Waals surface area contributed by atoms with Gasteiger partial charge in [-0.05, 0) is 46.2 Å². The van der Waals surface area contributed by atoms with E-state index in [2.05, 4.69) is 15.1 Å². The smallest absolute Gasteiger partial charge is 0.294 e. The zero-order chi connectivity index (χ0) is 24.6. The molecule has 10 heteroatoms. The molecule has 0 amide bonds. The minimum atomic E-state index is -0.517. The molecule has 6 rings (SSSR count). The van der Waals surface area contributed by atoms with Crippen LogP contribution in [-0.4, -0.2) is 33.8 Å². The molecule has 4 aromatic heterocycles. The molecule has 180 valence electrons. The summed E-state index contributed by atoms with van der Waals surface area (Å²) in [5.74, 6) is 1.29. The fraction of sp³-hybridized carbons (Fsp3) is 0.115. The molecule has 0 fully saturated rings. The van der Waals surface area contributed by atoms with Gasteiger partial charge in [0.15, 0.2) is 5.76 Å². The molecule has 0 atom stereocenters. The summed E-state index contributed by atoms with van der Waals surface area (Å²) in [4.78, 5) is 8.92. The van der Waals surface area contributed by atoms with Crippen molar-refractivity contribution in [2.75, 3.05) is 14.2 Å². The Kier molecular flexibility index (Phi) is 5.49. The van der Waals surface area contributed by atoms with Gasteiger partial charge in [-0.15, -0.1) is 5.10 Å². The molecule has 6 aromatic rings. The van der Waals surface area contributed by atoms with Crippen LogP contribution in [0.15, 0.2) is 71.4 Å². The molecule has 2 aromatic carbocycles. The van der Waals surface area contributed by atoms with Gasteiger partial charge >= 0.3 is 0 Å². The largest absolute Gasteiger partial charge is 0.496 e. The summed E-state index contributed by atoms with van der Waals surface area (Å²) in [6.07, 6.45) is 3.24. The Hall–Kier alpha value is -4.44. The average molecular weight is 503 g/mol. The summed E-state index contributed by atoms with van der Waals surface area (Å²) in [6, 6.07) is 16.5. The third-order valence-corrected chi connectivity index (χ3v) is 6.53. The number of imidazole rings is 1. The number of nitrogens with zero attached hydrogens (tertiary/aromatic N) is 4. The molecule has 0 saturated heterocycles. The molecule has 0 aliphatic rings. The Morgan fingerprint density at radius 2 is 1.92 bits per heavy atom. The molecule has 0 radical (unpaired) electrons. The van der Waals surface area contributed by atoms with Crippen LogP contribution in [0.1, 0.15) is 5.56 Å². The zero-order valence-electron chi connectivity index (χ0n) is 19.3. The van der Waals surface area contributed by atoms with Gasteiger partial charge in [0.05, 0.1) is 25.8 Å². The van der Waals surface area contributed by atoms with E-state index in [9.17, 15) is 4.39 Å². The van der Waals surface area contributed by atoms with Crippen molar-refractivity contribution in [2.24, 2.45) is 0 Å². The van der Waals surface area contributed by atoms with E-state index in [1.54, 1.807) is 31.0 Å². The lowest BCUT2D eigenvalue weighted by molar-refractivity contribution is 0.307. The van der Waals surface area contributed by atoms with Crippen LogP contribution < -0.4 is 14.2 Å². The van der Waals surface area contributed by atoms with Crippen LogP contribution in [0.3, 0.4) is 0 Å². The van der Waals surface area contributed by atoms with Gasteiger partial charge in [-0.1, -0.05) is 18.2 Å². The van der Waals surface area contributed by atoms with E-state index in [0.717, 1.165) is 22.1 Å². The molecule has 0 N–H and O–H groups in total. The van der Waals surface area contributed by atoms with Crippen molar-refractivity contribution in [3.63, 3.8) is 0 Å². The SMILES string of the molecule is COc1cc(OCc2cccc(-c3ccnc(F)c3)c2)c2cc(-c3cn4nc(OC)sc4n3)oc2c1. The fourth-order valence-corrected chi connectivity index (χ4v) is 4.61. The van der Waals surface area contributed by atoms with Crippen molar-refractivity contribution in [2.45, 2.75) is 6.61 Å². The third-order valence-electron chi connectivity index (χ3n) is 5.64. The normalized spacial score (nSPS) is 11.3. The molecule has 4 heterocycles. The summed E-state index contributed by atoms with van der Waals surface area (Å²) in [7, 11) is 3.16. The number of hydrogen-bond acceptors (Lipinski definition) is 8. The van der Waals surface area contributed by atoms with Crippen LogP contribution >= 0.6 is 11.3 Å². The number of halogens is 1. The van der Waals surface area contributed by atoms with Gasteiger partial charge in [-0.2, -0.15) is 4.39 Å². The van der Waals surface area contributed by atoms with Gasteiger partial charge in [0.1, 0.15) is 29.4 Å². The van der Waals surface area contributed by atoms with Crippen LogP contribution in [0.5, 0.6) is 16.7 Å². The monoisotopic (exact) mass is 502 g/mol. The Balaban J connectivity index is 1.31. The van der Waals surface area contributed by atoms with Crippen LogP contribution in [-0.2, 0) is 6.61 Å². The number of pyridine rings is 1. The summed E-state index contributed by atoms with van der Waals surface area (Å²) >= 11 is 1.34. The van der Waals surface area contributed by atoms with Gasteiger partial charge in [0.2, 0.25) is 10.9 Å². The van der Waals surface area contributed by atoms with E-state index >= 15 is 0 Å². The fourth-order valence-electron chi connectivity index (χ4n) is 3.91. The maximum absolute atomic E-state index is 13.6. The molecule has 0 spiro atoms. The Bertz CT molecular complexity index is 1680. The molecular formula is C26H19FN4O4S. The number of hydrogen-bond donors (Lipinski definition) is 0. The van der Waals surface area contributed by atoms with Gasteiger partial charge < -0.3 is 18.6 Å². The predicted molar refractivity (Wildman–Crippen MR) is 133 cm³/mol. The van der Waals surface area contributed by atoms with Crippen molar-refractivity contribution in [3.8, 4) is 39.3 Å². The second kappa shape index (κ2) is 8.97. The highest BCUT2D eigenvalue weighted by atomic mass is 32.1. The van der Waals surface area contributed by atoms with Crippen LogP contribution in [0.2, 0.25) is 0 Å². The topological polar surface area (TPSA) is 83.9 Å². The highest BCUT2D eigenvalue weighted by molar-refractivity contribution is 7.18. The minimum absolute atomic E-state index is 0.300. The first-order chi connectivity index (χ1) is 17.6. The number of benzene rings is 2. The number of furan rings is 1. The summed E-state index contributed by atoms with van der Waals surface area (Å²) in [5, 5.41) is 5.64. The first-order valence-electron chi connectivity index (χ1n) is 11.0. The van der Waals surface area contributed by atoms with Crippen LogP contribution in [0.4, 0.5) is 4.39 Å². The van der Waals surface area contributed by atoms with Crippen molar-refractivity contribution in [1.82, 2.24) is 19.6 Å². The molecule has 0 saturated carbocycles. The number of fused-ring (bicyclic) bond motifs is 2. The first-order valence-corrected chi connectivity index (χ1v) is 11.8. The van der Waals surface area contributed by atoms with Crippen LogP contribution in [0.25, 0.3) is 38.5 Å². The van der Waals surface area contributed by atoms with Crippen molar-refractivity contribution < 1.29 is 23.0 Å². The molecule has 0 aliphatic heterocycles. The first kappa shape index (κ1) is 22.1. The Morgan fingerprint density at radius 1 is 1.03 bits per heavy atom. The van der Waals surface area contributed by atoms with E-state index in [1.165, 1.54) is 23.6 Å². The quantitative estimate of drug-likeness (QED) is 0.248. The average Bonchev–Trinajstić information content (AvgIpc) is 3.60. The minimum Gasteiger partial charge on any atom is -0.496 e. The van der Waals surface area contributed by atoms with E-state index in [1.807, 2.05) is 42.5 Å². The van der Waals surface area contributed by atoms with E-state index in [4.69, 9.17) is 18.6 Å². The van der Waals surface area contributed by atoms with Crippen LogP contribution in [0, 0.1) is 5.95 Å². The third kappa shape index (κ3) is 4.11. The summed E-state index contributed by atoms with van der Waals surface area (Å²) in [5.41, 5.74) is 3.82. The standard InChI is InChI=1S/C26H19FN4O4S/c1-32-18-10-21(34-14-15-4-3-5-16(8-15)17-6-7-28-24(27)9-17)19-12-23(35-22(19)11-18)20-13-31-25(29-20)36-26(30-31)33-2/h3-13H,14H2,1-2H3. The maximum Gasteiger partial charge on any atom is 0.294 e. The van der Waals surface area contributed by atoms with E-state index in [-0.39, 0.29) is 0 Å². The summed E-state index contributed by atoms with van der Waals surface area (Å²) < 4.78 is 38.2. The van der Waals surface area contributed by atoms with Crippen molar-refractivity contribution in [1.29, 1.82) is 0 Å². The highest BCUT2D eigenvalue weighted by Gasteiger charge is 2.17. The lowest BCUT2D eigenvalue weighted by Gasteiger charge is -2.10. The molecule has 0 unspecified atom stereocenters.